The molecule has 2 heterocycles. The molecule has 0 saturated carbocycles. The van der Waals surface area contributed by atoms with Gasteiger partial charge in [-0.15, -0.1) is 0 Å². The lowest BCUT2D eigenvalue weighted by molar-refractivity contribution is 0.0953. The largest absolute Gasteiger partial charge is 0.354 e. The molecule has 8 nitrogen and oxygen atoms in total. The summed E-state index contributed by atoms with van der Waals surface area (Å²) in [6.45, 7) is 0. The molecule has 2 rings (SSSR count). The van der Waals surface area contributed by atoms with E-state index in [9.17, 15) is 14.4 Å². The molecule has 3 N–H and O–H groups in total. The second-order valence-corrected chi connectivity index (χ2v) is 4.71. The Balaban J connectivity index is 2.18. The zero-order valence-corrected chi connectivity index (χ0v) is 12.4. The van der Waals surface area contributed by atoms with Crippen LogP contribution >= 0.6 is 0 Å². The molecular formula is C14H16N5O3. The van der Waals surface area contributed by atoms with Crippen molar-refractivity contribution in [1.29, 1.82) is 0 Å². The number of carbonyl (C=O) groups is 2. The first-order valence-electron chi connectivity index (χ1n) is 6.45. The van der Waals surface area contributed by atoms with E-state index in [2.05, 4.69) is 16.0 Å². The third-order valence-electron chi connectivity index (χ3n) is 3.16. The van der Waals surface area contributed by atoms with Crippen LogP contribution in [0, 0.1) is 0 Å². The molecule has 1 radical (unpaired) electrons. The van der Waals surface area contributed by atoms with Gasteiger partial charge in [0.25, 0.3) is 11.8 Å². The van der Waals surface area contributed by atoms with E-state index >= 15 is 0 Å². The fourth-order valence-corrected chi connectivity index (χ4v) is 2.10. The predicted octanol–water partition coefficient (Wildman–Crippen LogP) is 0.455. The van der Waals surface area contributed by atoms with Crippen molar-refractivity contribution in [2.24, 2.45) is 14.1 Å². The Morgan fingerprint density at radius 2 is 1.55 bits per heavy atom. The first kappa shape index (κ1) is 15.4. The Bertz CT molecular complexity index is 729. The maximum atomic E-state index is 12.2. The summed E-state index contributed by atoms with van der Waals surface area (Å²) < 4.78 is 3.20. The molecule has 22 heavy (non-hydrogen) atoms. The van der Waals surface area contributed by atoms with Crippen LogP contribution in [0.15, 0.2) is 24.5 Å². The molecule has 0 spiro atoms. The summed E-state index contributed by atoms with van der Waals surface area (Å²) in [5, 5.41) is 7.59. The van der Waals surface area contributed by atoms with Gasteiger partial charge >= 0.3 is 6.41 Å². The molecule has 0 aliphatic heterocycles. The molecule has 2 aromatic heterocycles. The van der Waals surface area contributed by atoms with Crippen LogP contribution in [0.5, 0.6) is 0 Å². The van der Waals surface area contributed by atoms with Crippen LogP contribution in [0.3, 0.4) is 0 Å². The molecule has 0 aromatic carbocycles. The van der Waals surface area contributed by atoms with Crippen molar-refractivity contribution in [1.82, 2.24) is 14.5 Å². The zero-order chi connectivity index (χ0) is 16.3. The van der Waals surface area contributed by atoms with E-state index < -0.39 is 0 Å². The average molecular weight is 302 g/mol. The smallest absolute Gasteiger partial charge is 0.314 e. The first-order chi connectivity index (χ1) is 10.5. The highest BCUT2D eigenvalue weighted by Crippen LogP contribution is 2.17. The Morgan fingerprint density at radius 1 is 1.00 bits per heavy atom. The van der Waals surface area contributed by atoms with E-state index in [0.717, 1.165) is 0 Å². The predicted molar refractivity (Wildman–Crippen MR) is 81.5 cm³/mol. The molecule has 3 amide bonds. The van der Waals surface area contributed by atoms with Crippen molar-refractivity contribution in [3.63, 3.8) is 0 Å². The normalized spacial score (nSPS) is 10.1. The highest BCUT2D eigenvalue weighted by molar-refractivity contribution is 6.05. The Hall–Kier alpha value is -3.03. The zero-order valence-electron chi connectivity index (χ0n) is 12.4. The molecule has 0 atom stereocenters. The van der Waals surface area contributed by atoms with Gasteiger partial charge in [0.1, 0.15) is 11.4 Å². The van der Waals surface area contributed by atoms with E-state index in [0.29, 0.717) is 22.8 Å². The quantitative estimate of drug-likeness (QED) is 0.700. The van der Waals surface area contributed by atoms with Crippen molar-refractivity contribution in [2.45, 2.75) is 0 Å². The van der Waals surface area contributed by atoms with Crippen LogP contribution in [-0.2, 0) is 18.9 Å². The fourth-order valence-electron chi connectivity index (χ4n) is 2.10. The number of hydrogen-bond acceptors (Lipinski definition) is 3. The van der Waals surface area contributed by atoms with Gasteiger partial charge in [-0.2, -0.15) is 0 Å². The summed E-state index contributed by atoms with van der Waals surface area (Å²) in [4.78, 5) is 34.2. The van der Waals surface area contributed by atoms with Crippen LogP contribution in [0.25, 0.3) is 0 Å². The molecule has 0 bridgehead atoms. The van der Waals surface area contributed by atoms with E-state index in [1.54, 1.807) is 48.1 Å². The lowest BCUT2D eigenvalue weighted by Gasteiger charge is -2.03. The highest BCUT2D eigenvalue weighted by Gasteiger charge is 2.15. The maximum Gasteiger partial charge on any atom is 0.314 e. The van der Waals surface area contributed by atoms with Gasteiger partial charge in [-0.05, 0) is 12.1 Å². The number of nitrogens with zero attached hydrogens (tertiary/aromatic N) is 2. The summed E-state index contributed by atoms with van der Waals surface area (Å²) in [7, 11) is 4.94. The second kappa shape index (κ2) is 6.17. The summed E-state index contributed by atoms with van der Waals surface area (Å²) in [6.07, 6.45) is 4.79. The maximum absolute atomic E-state index is 12.2. The van der Waals surface area contributed by atoms with Crippen molar-refractivity contribution in [3.8, 4) is 0 Å². The highest BCUT2D eigenvalue weighted by atomic mass is 16.2. The number of anilines is 2. The Morgan fingerprint density at radius 3 is 2.14 bits per heavy atom. The van der Waals surface area contributed by atoms with Crippen LogP contribution in [-0.4, -0.2) is 34.4 Å². The van der Waals surface area contributed by atoms with Gasteiger partial charge in [-0.25, -0.2) is 0 Å². The number of aromatic nitrogens is 2. The van der Waals surface area contributed by atoms with Gasteiger partial charge in [-0.1, -0.05) is 0 Å². The summed E-state index contributed by atoms with van der Waals surface area (Å²) >= 11 is 0. The van der Waals surface area contributed by atoms with E-state index in [1.165, 1.54) is 13.1 Å². The minimum absolute atomic E-state index is 0.241. The molecule has 0 aliphatic carbocycles. The second-order valence-electron chi connectivity index (χ2n) is 4.71. The van der Waals surface area contributed by atoms with Crippen molar-refractivity contribution >= 4 is 29.6 Å². The van der Waals surface area contributed by atoms with Gasteiger partial charge in [0.05, 0.1) is 11.4 Å². The molecular weight excluding hydrogens is 286 g/mol. The standard InChI is InChI=1S/C14H16N5O3/c1-15-13(21)11-5-10(7-19(11)3)17-14(22)12-4-9(16-8-20)6-18(12)2/h4-7H,1-3H3,(H,15,21)(H,16,20)(H,17,22). The third-order valence-corrected chi connectivity index (χ3v) is 3.16. The molecule has 0 fully saturated rings. The molecule has 0 aliphatic rings. The number of rotatable bonds is 5. The van der Waals surface area contributed by atoms with Gasteiger partial charge in [-0.3, -0.25) is 14.4 Å². The van der Waals surface area contributed by atoms with Crippen LogP contribution < -0.4 is 16.0 Å². The number of hydrogen-bond donors (Lipinski definition) is 3. The fraction of sp³-hybridized carbons (Fsp3) is 0.214. The van der Waals surface area contributed by atoms with Gasteiger partial charge in [0.15, 0.2) is 0 Å². The van der Waals surface area contributed by atoms with Crippen LogP contribution in [0.2, 0.25) is 0 Å². The molecule has 8 heteroatoms. The number of aryl methyl sites for hydroxylation is 2. The topological polar surface area (TPSA) is 97.2 Å². The van der Waals surface area contributed by atoms with E-state index in [4.69, 9.17) is 0 Å². The molecule has 2 aromatic rings. The molecule has 115 valence electrons. The van der Waals surface area contributed by atoms with Crippen molar-refractivity contribution < 1.29 is 14.4 Å². The Kier molecular flexibility index (Phi) is 4.31. The third kappa shape index (κ3) is 3.00. The summed E-state index contributed by atoms with van der Waals surface area (Å²) in [6, 6.07) is 3.11. The summed E-state index contributed by atoms with van der Waals surface area (Å²) in [5.74, 6) is -0.592. The van der Waals surface area contributed by atoms with Crippen LogP contribution in [0.4, 0.5) is 11.4 Å². The Labute approximate surface area is 127 Å². The van der Waals surface area contributed by atoms with Gasteiger partial charge in [0, 0.05) is 33.5 Å². The van der Waals surface area contributed by atoms with E-state index in [-0.39, 0.29) is 11.8 Å². The average Bonchev–Trinajstić information content (AvgIpc) is 3.01. The van der Waals surface area contributed by atoms with Crippen molar-refractivity contribution in [2.75, 3.05) is 17.7 Å². The monoisotopic (exact) mass is 302 g/mol. The number of amides is 3. The van der Waals surface area contributed by atoms with Crippen LogP contribution in [0.1, 0.15) is 21.0 Å². The van der Waals surface area contributed by atoms with Gasteiger partial charge < -0.3 is 25.1 Å². The number of carbonyl (C=O) groups excluding carboxylic acids is 3. The molecule has 0 saturated heterocycles. The van der Waals surface area contributed by atoms with E-state index in [1.807, 2.05) is 0 Å². The minimum Gasteiger partial charge on any atom is -0.354 e. The van der Waals surface area contributed by atoms with Gasteiger partial charge in [0.2, 0.25) is 0 Å². The minimum atomic E-state index is -0.351. The molecule has 0 unspecified atom stereocenters. The number of nitrogens with one attached hydrogen (secondary N) is 3. The van der Waals surface area contributed by atoms with Crippen molar-refractivity contribution in [3.05, 3.63) is 35.9 Å². The first-order valence-corrected chi connectivity index (χ1v) is 6.45. The summed E-state index contributed by atoms with van der Waals surface area (Å²) in [5.41, 5.74) is 1.77. The SMILES string of the molecule is CNC(=O)c1cc(NC(=O)c2cc(N[C]=O)cn2C)cn1C. The lowest BCUT2D eigenvalue weighted by atomic mass is 10.3. The lowest BCUT2D eigenvalue weighted by Crippen LogP contribution is -2.20.